The molecule has 2 nitrogen and oxygen atoms in total. The Morgan fingerprint density at radius 2 is 1.67 bits per heavy atom. The van der Waals surface area contributed by atoms with Gasteiger partial charge in [-0.05, 0) is 97.2 Å². The third-order valence-corrected chi connectivity index (χ3v) is 11.1. The fourth-order valence-electron chi connectivity index (χ4n) is 8.67. The monoisotopic (exact) mass is 416 g/mol. The number of aliphatic hydroxyl groups is 2. The van der Waals surface area contributed by atoms with Gasteiger partial charge in [0.05, 0.1) is 12.2 Å². The molecule has 0 aromatic carbocycles. The normalized spacial score (nSPS) is 47.8. The summed E-state index contributed by atoms with van der Waals surface area (Å²) in [6, 6.07) is 0. The van der Waals surface area contributed by atoms with Gasteiger partial charge < -0.3 is 10.2 Å². The number of fused-ring (bicyclic) bond motifs is 5. The predicted octanol–water partition coefficient (Wildman–Crippen LogP) is 6.61. The Bertz CT molecular complexity index is 653. The summed E-state index contributed by atoms with van der Waals surface area (Å²) in [6.07, 6.45) is 12.5. The summed E-state index contributed by atoms with van der Waals surface area (Å²) in [5.74, 6) is 4.92. The van der Waals surface area contributed by atoms with Crippen LogP contribution >= 0.6 is 0 Å². The maximum Gasteiger partial charge on any atom is 0.0757 e. The molecule has 2 N–H and O–H groups in total. The highest BCUT2D eigenvalue weighted by atomic mass is 16.3. The summed E-state index contributed by atoms with van der Waals surface area (Å²) >= 11 is 0. The largest absolute Gasteiger partial charge is 0.393 e. The number of rotatable bonds is 5. The first-order valence-corrected chi connectivity index (χ1v) is 13.1. The zero-order valence-corrected chi connectivity index (χ0v) is 20.5. The molecule has 30 heavy (non-hydrogen) atoms. The Balaban J connectivity index is 1.53. The predicted molar refractivity (Wildman–Crippen MR) is 125 cm³/mol. The highest BCUT2D eigenvalue weighted by Crippen LogP contribution is 2.67. The van der Waals surface area contributed by atoms with Crippen molar-refractivity contribution in [2.75, 3.05) is 0 Å². The molecular formula is C28H48O2. The Morgan fingerprint density at radius 1 is 0.933 bits per heavy atom. The number of hydrogen-bond acceptors (Lipinski definition) is 2. The van der Waals surface area contributed by atoms with Gasteiger partial charge in [0.25, 0.3) is 0 Å². The lowest BCUT2D eigenvalue weighted by Gasteiger charge is -2.59. The summed E-state index contributed by atoms with van der Waals surface area (Å²) in [7, 11) is 0. The quantitative estimate of drug-likeness (QED) is 0.495. The number of aliphatic hydroxyl groups excluding tert-OH is 2. The van der Waals surface area contributed by atoms with E-state index in [1.54, 1.807) is 0 Å². The zero-order valence-electron chi connectivity index (χ0n) is 20.5. The molecule has 172 valence electrons. The van der Waals surface area contributed by atoms with Crippen molar-refractivity contribution in [3.63, 3.8) is 0 Å². The van der Waals surface area contributed by atoms with Crippen LogP contribution in [0.4, 0.5) is 0 Å². The van der Waals surface area contributed by atoms with E-state index >= 15 is 0 Å². The molecule has 0 radical (unpaired) electrons. The Labute approximate surface area is 185 Å². The van der Waals surface area contributed by atoms with E-state index in [0.717, 1.165) is 42.9 Å². The second-order valence-corrected chi connectivity index (χ2v) is 12.8. The van der Waals surface area contributed by atoms with E-state index in [4.69, 9.17) is 0 Å². The molecule has 0 heterocycles. The van der Waals surface area contributed by atoms with Crippen LogP contribution in [0.1, 0.15) is 99.3 Å². The fraction of sp³-hybridized carbons (Fsp3) is 0.929. The maximum absolute atomic E-state index is 11.3. The molecule has 0 saturated heterocycles. The van der Waals surface area contributed by atoms with Crippen LogP contribution in [0.25, 0.3) is 0 Å². The highest BCUT2D eigenvalue weighted by Gasteiger charge is 2.61. The molecule has 0 aromatic heterocycles. The van der Waals surface area contributed by atoms with Crippen LogP contribution in [0.3, 0.4) is 0 Å². The average molecular weight is 417 g/mol. The van der Waals surface area contributed by atoms with Crippen molar-refractivity contribution in [2.24, 2.45) is 52.3 Å². The Kier molecular flexibility index (Phi) is 6.26. The van der Waals surface area contributed by atoms with Crippen molar-refractivity contribution in [3.05, 3.63) is 11.6 Å². The highest BCUT2D eigenvalue weighted by molar-refractivity contribution is 5.27. The van der Waals surface area contributed by atoms with E-state index in [9.17, 15) is 10.2 Å². The van der Waals surface area contributed by atoms with Crippen LogP contribution in [0.15, 0.2) is 11.6 Å². The third kappa shape index (κ3) is 3.62. The Morgan fingerprint density at radius 3 is 2.37 bits per heavy atom. The lowest BCUT2D eigenvalue weighted by Crippen LogP contribution is -2.54. The molecule has 4 unspecified atom stereocenters. The van der Waals surface area contributed by atoms with E-state index in [0.29, 0.717) is 23.2 Å². The van der Waals surface area contributed by atoms with Gasteiger partial charge in [0.15, 0.2) is 0 Å². The average Bonchev–Trinajstić information content (AvgIpc) is 3.04. The Hall–Kier alpha value is -0.340. The molecule has 3 saturated carbocycles. The van der Waals surface area contributed by atoms with Gasteiger partial charge in [-0.3, -0.25) is 0 Å². The van der Waals surface area contributed by atoms with Gasteiger partial charge in [0.1, 0.15) is 0 Å². The molecular weight excluding hydrogens is 368 g/mol. The zero-order chi connectivity index (χ0) is 21.8. The smallest absolute Gasteiger partial charge is 0.0757 e. The minimum absolute atomic E-state index is 0.202. The summed E-state index contributed by atoms with van der Waals surface area (Å²) in [4.78, 5) is 0. The number of hydrogen-bond donors (Lipinski definition) is 2. The van der Waals surface area contributed by atoms with E-state index in [-0.39, 0.29) is 17.6 Å². The van der Waals surface area contributed by atoms with E-state index in [1.807, 2.05) is 0 Å². The topological polar surface area (TPSA) is 40.5 Å². The van der Waals surface area contributed by atoms with E-state index in [2.05, 4.69) is 47.6 Å². The lowest BCUT2D eigenvalue weighted by atomic mass is 9.46. The second-order valence-electron chi connectivity index (χ2n) is 12.8. The third-order valence-electron chi connectivity index (χ3n) is 11.1. The van der Waals surface area contributed by atoms with E-state index in [1.165, 1.54) is 44.1 Å². The van der Waals surface area contributed by atoms with Crippen molar-refractivity contribution >= 4 is 0 Å². The van der Waals surface area contributed by atoms with Gasteiger partial charge in [-0.1, -0.05) is 66.0 Å². The van der Waals surface area contributed by atoms with Crippen LogP contribution in [0.2, 0.25) is 0 Å². The van der Waals surface area contributed by atoms with Gasteiger partial charge >= 0.3 is 0 Å². The summed E-state index contributed by atoms with van der Waals surface area (Å²) in [5.41, 5.74) is 1.98. The molecule has 4 rings (SSSR count). The first kappa shape index (κ1) is 22.8. The van der Waals surface area contributed by atoms with Crippen LogP contribution in [-0.4, -0.2) is 22.4 Å². The second kappa shape index (κ2) is 8.22. The summed E-state index contributed by atoms with van der Waals surface area (Å²) in [5, 5.41) is 21.5. The van der Waals surface area contributed by atoms with Gasteiger partial charge in [0, 0.05) is 0 Å². The molecule has 0 spiro atoms. The molecule has 0 amide bonds. The molecule has 0 bridgehead atoms. The van der Waals surface area contributed by atoms with Crippen molar-refractivity contribution in [3.8, 4) is 0 Å². The maximum atomic E-state index is 11.3. The molecule has 0 aromatic rings. The molecule has 3 fully saturated rings. The standard InChI is InChI=1S/C28H48O2/c1-17(2)18(3)7-8-19(4)22-9-10-23-26-24(12-14-28(22,23)6)27(5)13-11-21(29)15-20(27)16-25(26)30/h16-19,21-26,29-30H,7-15H2,1-6H3/t18-,19-,21+,22?,23?,24?,25-,26?,27+,28-/m1/s1. The molecule has 2 heteroatoms. The fourth-order valence-corrected chi connectivity index (χ4v) is 8.67. The van der Waals surface area contributed by atoms with Crippen LogP contribution in [-0.2, 0) is 0 Å². The first-order chi connectivity index (χ1) is 14.1. The van der Waals surface area contributed by atoms with Gasteiger partial charge in [0.2, 0.25) is 0 Å². The van der Waals surface area contributed by atoms with Crippen LogP contribution in [0.5, 0.6) is 0 Å². The van der Waals surface area contributed by atoms with E-state index < -0.39 is 0 Å². The SMILES string of the molecule is CC(C)[C@H](C)CC[C@@H](C)C1CCC2C3C(CC[C@@]21C)[C@@]1(C)CC[C@H](O)CC1=C[C@H]3O. The molecule has 10 atom stereocenters. The van der Waals surface area contributed by atoms with Gasteiger partial charge in [-0.15, -0.1) is 0 Å². The molecule has 0 aliphatic heterocycles. The van der Waals surface area contributed by atoms with Crippen molar-refractivity contribution in [1.82, 2.24) is 0 Å². The molecule has 4 aliphatic carbocycles. The van der Waals surface area contributed by atoms with Crippen molar-refractivity contribution in [2.45, 2.75) is 112 Å². The van der Waals surface area contributed by atoms with Crippen LogP contribution in [0, 0.1) is 52.3 Å². The minimum Gasteiger partial charge on any atom is -0.393 e. The van der Waals surface area contributed by atoms with Crippen molar-refractivity contribution in [1.29, 1.82) is 0 Å². The summed E-state index contributed by atoms with van der Waals surface area (Å²) in [6.45, 7) is 14.7. The van der Waals surface area contributed by atoms with Gasteiger partial charge in [-0.25, -0.2) is 0 Å². The van der Waals surface area contributed by atoms with Crippen LogP contribution < -0.4 is 0 Å². The minimum atomic E-state index is -0.303. The van der Waals surface area contributed by atoms with Crippen molar-refractivity contribution < 1.29 is 10.2 Å². The van der Waals surface area contributed by atoms with Gasteiger partial charge in [-0.2, -0.15) is 0 Å². The molecule has 4 aliphatic rings. The lowest BCUT2D eigenvalue weighted by molar-refractivity contribution is -0.0971. The summed E-state index contributed by atoms with van der Waals surface area (Å²) < 4.78 is 0. The first-order valence-electron chi connectivity index (χ1n) is 13.1.